The molecule has 3 unspecified atom stereocenters. The van der Waals surface area contributed by atoms with Crippen LogP contribution < -0.4 is 5.32 Å². The summed E-state index contributed by atoms with van der Waals surface area (Å²) in [6.45, 7) is 3.01. The second-order valence-electron chi connectivity index (χ2n) is 9.29. The van der Waals surface area contributed by atoms with Gasteiger partial charge in [-0.05, 0) is 28.7 Å². The van der Waals surface area contributed by atoms with E-state index in [2.05, 4.69) is 29.6 Å². The van der Waals surface area contributed by atoms with E-state index in [1.54, 1.807) is 11.8 Å². The average Bonchev–Trinajstić information content (AvgIpc) is 3.39. The van der Waals surface area contributed by atoms with Crippen molar-refractivity contribution in [1.82, 2.24) is 10.2 Å². The zero-order valence-electron chi connectivity index (χ0n) is 19.0. The largest absolute Gasteiger partial charge is 0.481 e. The van der Waals surface area contributed by atoms with Crippen LogP contribution in [0.15, 0.2) is 48.5 Å². The lowest BCUT2D eigenvalue weighted by Crippen LogP contribution is -2.59. The normalized spacial score (nSPS) is 22.4. The fourth-order valence-corrected chi connectivity index (χ4v) is 5.16. The van der Waals surface area contributed by atoms with Gasteiger partial charge in [-0.15, -0.1) is 0 Å². The van der Waals surface area contributed by atoms with E-state index < -0.39 is 30.1 Å². The minimum atomic E-state index is -0.857. The summed E-state index contributed by atoms with van der Waals surface area (Å²) >= 11 is 0. The molecule has 2 aromatic rings. The topological polar surface area (TPSA) is 105 Å². The Balaban J connectivity index is 1.17. The Morgan fingerprint density at radius 2 is 1.71 bits per heavy atom. The molecule has 0 radical (unpaired) electrons. The highest BCUT2D eigenvalue weighted by Gasteiger charge is 2.44. The molecule has 3 aliphatic rings. The van der Waals surface area contributed by atoms with Crippen LogP contribution in [0.3, 0.4) is 0 Å². The Kier molecular flexibility index (Phi) is 6.00. The van der Waals surface area contributed by atoms with E-state index in [0.29, 0.717) is 26.1 Å². The number of carboxylic acids is 1. The first-order valence-corrected chi connectivity index (χ1v) is 11.7. The summed E-state index contributed by atoms with van der Waals surface area (Å²) in [4.78, 5) is 38.2. The summed E-state index contributed by atoms with van der Waals surface area (Å²) in [7, 11) is 0. The Morgan fingerprint density at radius 3 is 2.32 bits per heavy atom. The molecule has 2 fully saturated rings. The van der Waals surface area contributed by atoms with Crippen LogP contribution in [0, 0.1) is 11.8 Å². The molecule has 0 aromatic heterocycles. The van der Waals surface area contributed by atoms with Crippen molar-refractivity contribution < 1.29 is 29.0 Å². The molecule has 2 aromatic carbocycles. The average molecular weight is 465 g/mol. The first-order chi connectivity index (χ1) is 16.4. The van der Waals surface area contributed by atoms with Crippen molar-refractivity contribution >= 4 is 18.0 Å². The van der Waals surface area contributed by atoms with Crippen LogP contribution in [-0.2, 0) is 19.1 Å². The zero-order valence-corrected chi connectivity index (χ0v) is 19.0. The quantitative estimate of drug-likeness (QED) is 0.681. The van der Waals surface area contributed by atoms with Crippen LogP contribution in [0.1, 0.15) is 30.4 Å². The summed E-state index contributed by atoms with van der Waals surface area (Å²) in [6.07, 6.45) is -0.832. The van der Waals surface area contributed by atoms with E-state index >= 15 is 0 Å². The van der Waals surface area contributed by atoms with Crippen molar-refractivity contribution in [1.29, 1.82) is 0 Å². The monoisotopic (exact) mass is 464 g/mol. The number of nitrogens with zero attached hydrogens (tertiary/aromatic N) is 1. The smallest absolute Gasteiger partial charge is 0.407 e. The van der Waals surface area contributed by atoms with E-state index in [1.165, 1.54) is 0 Å². The number of aliphatic carboxylic acids is 1. The molecular weight excluding hydrogens is 436 g/mol. The number of rotatable bonds is 6. The molecule has 2 saturated heterocycles. The molecule has 2 N–H and O–H groups in total. The number of carbonyl (C=O) groups is 3. The van der Waals surface area contributed by atoms with Gasteiger partial charge in [0.1, 0.15) is 6.61 Å². The number of amides is 2. The first-order valence-electron chi connectivity index (χ1n) is 11.7. The number of hydrogen-bond donors (Lipinski definition) is 2. The third-order valence-electron chi connectivity index (χ3n) is 7.30. The number of nitrogens with one attached hydrogen (secondary N) is 1. The molecule has 5 rings (SSSR count). The lowest BCUT2D eigenvalue weighted by Gasteiger charge is -2.42. The highest BCUT2D eigenvalue weighted by Crippen LogP contribution is 2.44. The molecule has 0 bridgehead atoms. The molecule has 2 aliphatic heterocycles. The molecule has 2 heterocycles. The molecule has 2 amide bonds. The van der Waals surface area contributed by atoms with Crippen molar-refractivity contribution in [2.75, 3.05) is 26.3 Å². The summed E-state index contributed by atoms with van der Waals surface area (Å²) < 4.78 is 11.2. The minimum absolute atomic E-state index is 0.0374. The molecule has 0 spiro atoms. The predicted octanol–water partition coefficient (Wildman–Crippen LogP) is 2.86. The highest BCUT2D eigenvalue weighted by molar-refractivity contribution is 5.84. The van der Waals surface area contributed by atoms with Gasteiger partial charge >= 0.3 is 12.1 Å². The van der Waals surface area contributed by atoms with Gasteiger partial charge in [-0.1, -0.05) is 55.5 Å². The van der Waals surface area contributed by atoms with Gasteiger partial charge in [0.25, 0.3) is 5.91 Å². The van der Waals surface area contributed by atoms with Crippen LogP contribution in [0.25, 0.3) is 11.1 Å². The SMILES string of the molecule is CC(C(=O)O)C1CN(C(=O)C2OCCC2NC(=O)OCC2c3ccccc3-c3ccccc32)C1. The van der Waals surface area contributed by atoms with Crippen molar-refractivity contribution in [2.45, 2.75) is 31.4 Å². The van der Waals surface area contributed by atoms with E-state index in [-0.39, 0.29) is 24.3 Å². The Morgan fingerprint density at radius 1 is 1.09 bits per heavy atom. The highest BCUT2D eigenvalue weighted by atomic mass is 16.6. The number of carbonyl (C=O) groups excluding carboxylic acids is 2. The van der Waals surface area contributed by atoms with Gasteiger partial charge in [0.15, 0.2) is 6.10 Å². The van der Waals surface area contributed by atoms with Crippen molar-refractivity contribution in [3.63, 3.8) is 0 Å². The lowest BCUT2D eigenvalue weighted by atomic mass is 9.86. The summed E-state index contributed by atoms with van der Waals surface area (Å²) in [5.74, 6) is -1.66. The van der Waals surface area contributed by atoms with Crippen LogP contribution in [0.5, 0.6) is 0 Å². The maximum Gasteiger partial charge on any atom is 0.407 e. The number of hydrogen-bond acceptors (Lipinski definition) is 5. The van der Waals surface area contributed by atoms with Crippen molar-refractivity contribution in [3.8, 4) is 11.1 Å². The molecule has 1 aliphatic carbocycles. The van der Waals surface area contributed by atoms with E-state index in [1.807, 2.05) is 24.3 Å². The van der Waals surface area contributed by atoms with Gasteiger partial charge in [0.05, 0.1) is 12.0 Å². The van der Waals surface area contributed by atoms with Crippen molar-refractivity contribution in [3.05, 3.63) is 59.7 Å². The fraction of sp³-hybridized carbons (Fsp3) is 0.423. The molecule has 34 heavy (non-hydrogen) atoms. The molecular formula is C26H28N2O6. The standard InChI is InChI=1S/C26H28N2O6/c1-15(25(30)31)16-12-28(13-16)24(29)23-22(10-11-33-23)27-26(32)34-14-21-19-8-4-2-6-17(19)18-7-3-5-9-20(18)21/h2-9,15-16,21-23H,10-14H2,1H3,(H,27,32)(H,30,31). The summed E-state index contributed by atoms with van der Waals surface area (Å²) in [6, 6.07) is 15.8. The van der Waals surface area contributed by atoms with Gasteiger partial charge in [-0.25, -0.2) is 4.79 Å². The number of likely N-dealkylation sites (tertiary alicyclic amines) is 1. The van der Waals surface area contributed by atoms with Crippen LogP contribution in [-0.4, -0.2) is 66.4 Å². The lowest BCUT2D eigenvalue weighted by molar-refractivity contribution is -0.155. The van der Waals surface area contributed by atoms with Gasteiger partial charge in [-0.3, -0.25) is 9.59 Å². The Bertz CT molecular complexity index is 1070. The van der Waals surface area contributed by atoms with Gasteiger partial charge in [-0.2, -0.15) is 0 Å². The van der Waals surface area contributed by atoms with E-state index in [0.717, 1.165) is 22.3 Å². The molecule has 178 valence electrons. The zero-order chi connectivity index (χ0) is 23.8. The number of carboxylic acid groups (broad SMARTS) is 1. The first kappa shape index (κ1) is 22.4. The fourth-order valence-electron chi connectivity index (χ4n) is 5.16. The number of benzene rings is 2. The van der Waals surface area contributed by atoms with Crippen molar-refractivity contribution in [2.24, 2.45) is 11.8 Å². The maximum atomic E-state index is 12.9. The summed E-state index contributed by atoms with van der Waals surface area (Å²) in [5.41, 5.74) is 4.59. The molecule has 3 atom stereocenters. The minimum Gasteiger partial charge on any atom is -0.481 e. The third-order valence-corrected chi connectivity index (χ3v) is 7.30. The second-order valence-corrected chi connectivity index (χ2v) is 9.29. The van der Waals surface area contributed by atoms with Crippen LogP contribution in [0.2, 0.25) is 0 Å². The Labute approximate surface area is 197 Å². The number of fused-ring (bicyclic) bond motifs is 3. The second kappa shape index (κ2) is 9.10. The maximum absolute atomic E-state index is 12.9. The predicted molar refractivity (Wildman–Crippen MR) is 123 cm³/mol. The Hall–Kier alpha value is -3.39. The van der Waals surface area contributed by atoms with Crippen LogP contribution >= 0.6 is 0 Å². The number of ether oxygens (including phenoxy) is 2. The van der Waals surface area contributed by atoms with Crippen LogP contribution in [0.4, 0.5) is 4.79 Å². The molecule has 0 saturated carbocycles. The molecule has 8 nitrogen and oxygen atoms in total. The van der Waals surface area contributed by atoms with Gasteiger partial charge in [0, 0.05) is 31.5 Å². The van der Waals surface area contributed by atoms with E-state index in [4.69, 9.17) is 14.6 Å². The summed E-state index contributed by atoms with van der Waals surface area (Å²) in [5, 5.41) is 12.0. The number of alkyl carbamates (subject to hydrolysis) is 1. The van der Waals surface area contributed by atoms with E-state index in [9.17, 15) is 14.4 Å². The van der Waals surface area contributed by atoms with Gasteiger partial charge in [0.2, 0.25) is 0 Å². The van der Waals surface area contributed by atoms with Gasteiger partial charge < -0.3 is 24.8 Å². The third kappa shape index (κ3) is 4.03. The molecule has 8 heteroatoms.